The number of carbonyl (C=O) groups is 2. The molecule has 1 heterocycles. The lowest BCUT2D eigenvalue weighted by Crippen LogP contribution is -2.30. The second-order valence-corrected chi connectivity index (χ2v) is 3.01. The maximum atomic E-state index is 12.7. The summed E-state index contributed by atoms with van der Waals surface area (Å²) >= 11 is 0. The van der Waals surface area contributed by atoms with Gasteiger partial charge in [0.25, 0.3) is 0 Å². The first-order chi connectivity index (χ1) is 6.79. The normalized spacial score (nSPS) is 18.9. The monoisotopic (exact) mass is 225 g/mol. The smallest absolute Gasteiger partial charge is 0.276 e. The van der Waals surface area contributed by atoms with E-state index in [1.165, 1.54) is 0 Å². The molecule has 0 saturated carbocycles. The van der Waals surface area contributed by atoms with Crippen LogP contribution in [0.1, 0.15) is 12.8 Å². The number of alkyl halides is 3. The fourth-order valence-electron chi connectivity index (χ4n) is 1.17. The van der Waals surface area contributed by atoms with E-state index in [9.17, 15) is 27.2 Å². The van der Waals surface area contributed by atoms with E-state index in [0.717, 1.165) is 0 Å². The van der Waals surface area contributed by atoms with Gasteiger partial charge in [0.15, 0.2) is 0 Å². The Morgan fingerprint density at radius 1 is 1.27 bits per heavy atom. The number of rotatable bonds is 2. The van der Waals surface area contributed by atoms with Crippen LogP contribution < -0.4 is 0 Å². The van der Waals surface area contributed by atoms with Gasteiger partial charge in [-0.05, 0) is 0 Å². The van der Waals surface area contributed by atoms with Crippen LogP contribution in [-0.4, -0.2) is 29.4 Å². The number of allylic oxidation sites excluding steroid dienone is 1. The number of halogens is 4. The lowest BCUT2D eigenvalue weighted by atomic mass is 10.4. The van der Waals surface area contributed by atoms with E-state index in [1.807, 2.05) is 0 Å². The fourth-order valence-corrected chi connectivity index (χ4v) is 1.17. The zero-order chi connectivity index (χ0) is 11.6. The van der Waals surface area contributed by atoms with Crippen molar-refractivity contribution in [2.75, 3.05) is 6.54 Å². The van der Waals surface area contributed by atoms with Gasteiger partial charge in [-0.1, -0.05) is 0 Å². The van der Waals surface area contributed by atoms with Crippen molar-refractivity contribution in [3.8, 4) is 0 Å². The van der Waals surface area contributed by atoms with Crippen molar-refractivity contribution >= 4 is 11.8 Å². The van der Waals surface area contributed by atoms with Crippen molar-refractivity contribution < 1.29 is 27.2 Å². The predicted molar refractivity (Wildman–Crippen MR) is 41.2 cm³/mol. The second kappa shape index (κ2) is 4.00. The van der Waals surface area contributed by atoms with E-state index >= 15 is 0 Å². The first kappa shape index (κ1) is 11.7. The number of hydrogen-bond acceptors (Lipinski definition) is 2. The van der Waals surface area contributed by atoms with Gasteiger partial charge >= 0.3 is 6.18 Å². The predicted octanol–water partition coefficient (Wildman–Crippen LogP) is 1.55. The van der Waals surface area contributed by atoms with Crippen LogP contribution in [0.5, 0.6) is 0 Å². The summed E-state index contributed by atoms with van der Waals surface area (Å²) in [6, 6.07) is 0. The van der Waals surface area contributed by atoms with Crippen molar-refractivity contribution in [2.45, 2.75) is 19.0 Å². The van der Waals surface area contributed by atoms with Crippen molar-refractivity contribution in [1.29, 1.82) is 0 Å². The summed E-state index contributed by atoms with van der Waals surface area (Å²) < 4.78 is 47.7. The minimum absolute atomic E-state index is 0.0713. The quantitative estimate of drug-likeness (QED) is 0.528. The number of likely N-dealkylation sites (tertiary alicyclic amines) is 1. The molecule has 2 amide bonds. The highest BCUT2D eigenvalue weighted by atomic mass is 19.4. The summed E-state index contributed by atoms with van der Waals surface area (Å²) in [5, 5.41) is 0. The standard InChI is InChI=1S/C8H7F4NO2/c9-5(3-8(10,11)12)4-13-6(14)1-2-7(13)15/h3H,1-2,4H2/b5-3-. The number of amides is 2. The molecule has 0 aromatic carbocycles. The van der Waals surface area contributed by atoms with Crippen LogP contribution in [0.4, 0.5) is 17.6 Å². The van der Waals surface area contributed by atoms with E-state index in [4.69, 9.17) is 0 Å². The molecule has 0 aromatic rings. The summed E-state index contributed by atoms with van der Waals surface area (Å²) in [4.78, 5) is 22.3. The Kier molecular flexibility index (Phi) is 3.11. The lowest BCUT2D eigenvalue weighted by molar-refractivity contribution is -0.138. The van der Waals surface area contributed by atoms with Gasteiger partial charge in [-0.15, -0.1) is 0 Å². The SMILES string of the molecule is O=C1CCC(=O)N1C/C(F)=C/C(F)(F)F. The zero-order valence-corrected chi connectivity index (χ0v) is 7.47. The first-order valence-corrected chi connectivity index (χ1v) is 4.07. The molecular weight excluding hydrogens is 218 g/mol. The largest absolute Gasteiger partial charge is 0.412 e. The molecule has 15 heavy (non-hydrogen) atoms. The molecule has 0 N–H and O–H groups in total. The van der Waals surface area contributed by atoms with Gasteiger partial charge in [0, 0.05) is 12.8 Å². The molecule has 0 radical (unpaired) electrons. The summed E-state index contributed by atoms with van der Waals surface area (Å²) in [5.41, 5.74) is 0. The lowest BCUT2D eigenvalue weighted by Gasteiger charge is -2.12. The van der Waals surface area contributed by atoms with E-state index in [1.54, 1.807) is 0 Å². The fraction of sp³-hybridized carbons (Fsp3) is 0.500. The third kappa shape index (κ3) is 3.34. The van der Waals surface area contributed by atoms with Crippen LogP contribution in [0.15, 0.2) is 11.9 Å². The molecule has 0 atom stereocenters. The number of nitrogens with zero attached hydrogens (tertiary/aromatic N) is 1. The Morgan fingerprint density at radius 3 is 2.13 bits per heavy atom. The van der Waals surface area contributed by atoms with Crippen LogP contribution in [0.3, 0.4) is 0 Å². The Balaban J connectivity index is 2.66. The van der Waals surface area contributed by atoms with Crippen molar-refractivity contribution in [3.63, 3.8) is 0 Å². The highest BCUT2D eigenvalue weighted by molar-refractivity contribution is 6.02. The van der Waals surface area contributed by atoms with Gasteiger partial charge in [0.2, 0.25) is 11.8 Å². The van der Waals surface area contributed by atoms with E-state index in [0.29, 0.717) is 4.90 Å². The van der Waals surface area contributed by atoms with Crippen molar-refractivity contribution in [1.82, 2.24) is 4.90 Å². The zero-order valence-electron chi connectivity index (χ0n) is 7.47. The maximum Gasteiger partial charge on any atom is 0.412 e. The molecule has 1 fully saturated rings. The third-order valence-electron chi connectivity index (χ3n) is 1.78. The van der Waals surface area contributed by atoms with Crippen LogP contribution in [0, 0.1) is 0 Å². The average Bonchev–Trinajstić information content (AvgIpc) is 2.32. The molecule has 1 saturated heterocycles. The molecule has 1 aliphatic rings. The third-order valence-corrected chi connectivity index (χ3v) is 1.78. The number of carbonyl (C=O) groups excluding carboxylic acids is 2. The maximum absolute atomic E-state index is 12.7. The summed E-state index contributed by atoms with van der Waals surface area (Å²) in [7, 11) is 0. The Morgan fingerprint density at radius 2 is 1.73 bits per heavy atom. The molecule has 3 nitrogen and oxygen atoms in total. The summed E-state index contributed by atoms with van der Waals surface area (Å²) in [6.07, 6.45) is -5.49. The van der Waals surface area contributed by atoms with E-state index < -0.39 is 36.4 Å². The summed E-state index contributed by atoms with van der Waals surface area (Å²) in [6.45, 7) is -0.933. The molecule has 0 bridgehead atoms. The van der Waals surface area contributed by atoms with Gasteiger partial charge in [0.1, 0.15) is 5.83 Å². The van der Waals surface area contributed by atoms with E-state index in [2.05, 4.69) is 0 Å². The molecule has 1 aliphatic heterocycles. The van der Waals surface area contributed by atoms with Gasteiger partial charge in [0.05, 0.1) is 12.6 Å². The van der Waals surface area contributed by atoms with E-state index in [-0.39, 0.29) is 12.8 Å². The topological polar surface area (TPSA) is 37.4 Å². The molecule has 0 aliphatic carbocycles. The Hall–Kier alpha value is -1.40. The molecule has 1 rings (SSSR count). The number of hydrogen-bond donors (Lipinski definition) is 0. The molecule has 0 aromatic heterocycles. The van der Waals surface area contributed by atoms with Crippen LogP contribution in [0.2, 0.25) is 0 Å². The van der Waals surface area contributed by atoms with Crippen LogP contribution in [-0.2, 0) is 9.59 Å². The molecular formula is C8H7F4NO2. The van der Waals surface area contributed by atoms with Crippen LogP contribution >= 0.6 is 0 Å². The minimum Gasteiger partial charge on any atom is -0.276 e. The van der Waals surface area contributed by atoms with Crippen LogP contribution in [0.25, 0.3) is 0 Å². The van der Waals surface area contributed by atoms with Crippen molar-refractivity contribution in [3.05, 3.63) is 11.9 Å². The molecule has 84 valence electrons. The Bertz CT molecular complexity index is 305. The highest BCUT2D eigenvalue weighted by Crippen LogP contribution is 2.21. The molecule has 0 unspecified atom stereocenters. The second-order valence-electron chi connectivity index (χ2n) is 3.01. The Labute approximate surface area is 82.3 Å². The first-order valence-electron chi connectivity index (χ1n) is 4.07. The molecule has 0 spiro atoms. The highest BCUT2D eigenvalue weighted by Gasteiger charge is 2.31. The molecule has 7 heteroatoms. The minimum atomic E-state index is -4.78. The van der Waals surface area contributed by atoms with Gasteiger partial charge in [-0.2, -0.15) is 13.2 Å². The average molecular weight is 225 g/mol. The van der Waals surface area contributed by atoms with Crippen molar-refractivity contribution in [2.24, 2.45) is 0 Å². The van der Waals surface area contributed by atoms with Gasteiger partial charge in [-0.3, -0.25) is 14.5 Å². The van der Waals surface area contributed by atoms with Gasteiger partial charge in [-0.25, -0.2) is 4.39 Å². The number of imide groups is 1. The summed E-state index contributed by atoms with van der Waals surface area (Å²) in [5.74, 6) is -2.84. The van der Waals surface area contributed by atoms with Gasteiger partial charge < -0.3 is 0 Å².